The van der Waals surface area contributed by atoms with Crippen LogP contribution in [0, 0.1) is 0 Å². The fraction of sp³-hybridized carbons (Fsp3) is 0.385. The van der Waals surface area contributed by atoms with E-state index in [1.807, 2.05) is 25.1 Å². The Labute approximate surface area is 110 Å². The molecule has 1 atom stereocenters. The van der Waals surface area contributed by atoms with Crippen molar-refractivity contribution >= 4 is 29.3 Å². The number of aryl methyl sites for hydroxylation is 1. The predicted octanol–water partition coefficient (Wildman–Crippen LogP) is 2.53. The molecule has 18 heavy (non-hydrogen) atoms. The van der Waals surface area contributed by atoms with Gasteiger partial charge in [0.2, 0.25) is 5.91 Å². The van der Waals surface area contributed by atoms with E-state index in [4.69, 9.17) is 5.11 Å². The lowest BCUT2D eigenvalue weighted by atomic mass is 10.1. The SMILES string of the molecule is CC1Sc2ccc(CCCC(=O)O)cc2NC1=O. The maximum absolute atomic E-state index is 11.6. The summed E-state index contributed by atoms with van der Waals surface area (Å²) in [6.45, 7) is 1.88. The van der Waals surface area contributed by atoms with Crippen LogP contribution in [0.25, 0.3) is 0 Å². The van der Waals surface area contributed by atoms with E-state index in [0.29, 0.717) is 6.42 Å². The van der Waals surface area contributed by atoms with Gasteiger partial charge in [-0.2, -0.15) is 0 Å². The smallest absolute Gasteiger partial charge is 0.303 e. The van der Waals surface area contributed by atoms with E-state index < -0.39 is 5.97 Å². The first-order valence-corrected chi connectivity index (χ1v) is 6.76. The van der Waals surface area contributed by atoms with Crippen LogP contribution in [0.4, 0.5) is 5.69 Å². The highest BCUT2D eigenvalue weighted by molar-refractivity contribution is 8.00. The first-order valence-electron chi connectivity index (χ1n) is 5.88. The maximum Gasteiger partial charge on any atom is 0.303 e. The molecule has 0 radical (unpaired) electrons. The Morgan fingerprint density at radius 1 is 1.50 bits per heavy atom. The zero-order chi connectivity index (χ0) is 13.1. The molecule has 1 amide bonds. The molecule has 0 aromatic heterocycles. The lowest BCUT2D eigenvalue weighted by molar-refractivity contribution is -0.137. The third kappa shape index (κ3) is 3.04. The molecule has 4 nitrogen and oxygen atoms in total. The molecule has 5 heteroatoms. The van der Waals surface area contributed by atoms with E-state index in [2.05, 4.69) is 5.32 Å². The third-order valence-electron chi connectivity index (χ3n) is 2.83. The van der Waals surface area contributed by atoms with Gasteiger partial charge < -0.3 is 10.4 Å². The Bertz CT molecular complexity index is 487. The minimum atomic E-state index is -0.773. The highest BCUT2D eigenvalue weighted by atomic mass is 32.2. The van der Waals surface area contributed by atoms with Crippen molar-refractivity contribution in [3.05, 3.63) is 23.8 Å². The number of aliphatic carboxylic acids is 1. The number of carboxylic acid groups (broad SMARTS) is 1. The molecule has 0 saturated carbocycles. The van der Waals surface area contributed by atoms with Gasteiger partial charge in [0.1, 0.15) is 0 Å². The molecule has 0 saturated heterocycles. The Hall–Kier alpha value is -1.49. The predicted molar refractivity (Wildman–Crippen MR) is 71.0 cm³/mol. The lowest BCUT2D eigenvalue weighted by Gasteiger charge is -2.21. The number of anilines is 1. The van der Waals surface area contributed by atoms with Crippen molar-refractivity contribution < 1.29 is 14.7 Å². The summed E-state index contributed by atoms with van der Waals surface area (Å²) in [5, 5.41) is 11.4. The minimum absolute atomic E-state index is 0.0233. The molecular weight excluding hydrogens is 250 g/mol. The summed E-state index contributed by atoms with van der Waals surface area (Å²) in [6.07, 6.45) is 1.51. The monoisotopic (exact) mass is 265 g/mol. The number of thioether (sulfide) groups is 1. The van der Waals surface area contributed by atoms with Gasteiger partial charge >= 0.3 is 5.97 Å². The van der Waals surface area contributed by atoms with Crippen molar-refractivity contribution in [3.63, 3.8) is 0 Å². The van der Waals surface area contributed by atoms with E-state index in [9.17, 15) is 9.59 Å². The number of rotatable bonds is 4. The molecule has 1 unspecified atom stereocenters. The van der Waals surface area contributed by atoms with Crippen LogP contribution in [0.1, 0.15) is 25.3 Å². The molecule has 1 aromatic carbocycles. The topological polar surface area (TPSA) is 66.4 Å². The molecule has 0 fully saturated rings. The standard InChI is InChI=1S/C13H15NO3S/c1-8-13(17)14-10-7-9(3-2-4-12(15)16)5-6-11(10)18-8/h5-8H,2-4H2,1H3,(H,14,17)(H,15,16). The van der Waals surface area contributed by atoms with Crippen LogP contribution >= 0.6 is 11.8 Å². The number of hydrogen-bond donors (Lipinski definition) is 2. The molecule has 1 aromatic rings. The Morgan fingerprint density at radius 3 is 3.00 bits per heavy atom. The summed E-state index contributed by atoms with van der Waals surface area (Å²) in [7, 11) is 0. The number of amides is 1. The molecule has 2 N–H and O–H groups in total. The number of hydrogen-bond acceptors (Lipinski definition) is 3. The summed E-state index contributed by atoms with van der Waals surface area (Å²) < 4.78 is 0. The molecule has 2 rings (SSSR count). The second-order valence-corrected chi connectivity index (χ2v) is 5.71. The largest absolute Gasteiger partial charge is 0.481 e. The van der Waals surface area contributed by atoms with Crippen molar-refractivity contribution in [1.29, 1.82) is 0 Å². The van der Waals surface area contributed by atoms with Crippen molar-refractivity contribution in [1.82, 2.24) is 0 Å². The second-order valence-electron chi connectivity index (χ2n) is 4.33. The van der Waals surface area contributed by atoms with Crippen molar-refractivity contribution in [2.75, 3.05) is 5.32 Å². The van der Waals surface area contributed by atoms with E-state index in [-0.39, 0.29) is 17.6 Å². The van der Waals surface area contributed by atoms with E-state index >= 15 is 0 Å². The fourth-order valence-electron chi connectivity index (χ4n) is 1.86. The van der Waals surface area contributed by atoms with Gasteiger partial charge in [0.05, 0.1) is 10.9 Å². The number of fused-ring (bicyclic) bond motifs is 1. The first-order chi connectivity index (χ1) is 8.56. The molecular formula is C13H15NO3S. The molecule has 1 aliphatic rings. The lowest BCUT2D eigenvalue weighted by Crippen LogP contribution is -2.26. The van der Waals surface area contributed by atoms with Gasteiger partial charge in [-0.05, 0) is 37.5 Å². The van der Waals surface area contributed by atoms with E-state index in [1.165, 1.54) is 0 Å². The second kappa shape index (κ2) is 5.44. The average molecular weight is 265 g/mol. The van der Waals surface area contributed by atoms with Gasteiger partial charge in [0.25, 0.3) is 0 Å². The van der Waals surface area contributed by atoms with Crippen LogP contribution in [0.3, 0.4) is 0 Å². The summed E-state index contributed by atoms with van der Waals surface area (Å²) >= 11 is 1.55. The highest BCUT2D eigenvalue weighted by Crippen LogP contribution is 2.36. The minimum Gasteiger partial charge on any atom is -0.481 e. The van der Waals surface area contributed by atoms with E-state index in [0.717, 1.165) is 22.6 Å². The summed E-state index contributed by atoms with van der Waals surface area (Å²) in [5.41, 5.74) is 1.90. The van der Waals surface area contributed by atoms with Crippen molar-refractivity contribution in [2.24, 2.45) is 0 Å². The van der Waals surface area contributed by atoms with Gasteiger partial charge in [0, 0.05) is 11.3 Å². The number of nitrogens with one attached hydrogen (secondary N) is 1. The van der Waals surface area contributed by atoms with E-state index in [1.54, 1.807) is 11.8 Å². The van der Waals surface area contributed by atoms with Gasteiger partial charge in [-0.15, -0.1) is 11.8 Å². The molecule has 1 aliphatic heterocycles. The van der Waals surface area contributed by atoms with Crippen LogP contribution in [-0.2, 0) is 16.0 Å². The normalized spacial score (nSPS) is 18.1. The van der Waals surface area contributed by atoms with Gasteiger partial charge in [0.15, 0.2) is 0 Å². The number of carboxylic acids is 1. The van der Waals surface area contributed by atoms with Crippen LogP contribution < -0.4 is 5.32 Å². The van der Waals surface area contributed by atoms with Crippen LogP contribution in [-0.4, -0.2) is 22.2 Å². The van der Waals surface area contributed by atoms with Crippen LogP contribution in [0.15, 0.2) is 23.1 Å². The van der Waals surface area contributed by atoms with Crippen molar-refractivity contribution in [2.45, 2.75) is 36.3 Å². The first kappa shape index (κ1) is 13.0. The summed E-state index contributed by atoms with van der Waals surface area (Å²) in [4.78, 5) is 23.1. The zero-order valence-corrected chi connectivity index (χ0v) is 10.9. The zero-order valence-electron chi connectivity index (χ0n) is 10.1. The molecule has 1 heterocycles. The fourth-order valence-corrected chi connectivity index (χ4v) is 2.79. The summed E-state index contributed by atoms with van der Waals surface area (Å²) in [5.74, 6) is -0.749. The highest BCUT2D eigenvalue weighted by Gasteiger charge is 2.22. The number of benzene rings is 1. The number of carbonyl (C=O) groups excluding carboxylic acids is 1. The van der Waals surface area contributed by atoms with Gasteiger partial charge in [-0.1, -0.05) is 6.07 Å². The third-order valence-corrected chi connectivity index (χ3v) is 4.01. The average Bonchev–Trinajstić information content (AvgIpc) is 2.30. The molecule has 0 aliphatic carbocycles. The van der Waals surface area contributed by atoms with Crippen molar-refractivity contribution in [3.8, 4) is 0 Å². The quantitative estimate of drug-likeness (QED) is 0.878. The Balaban J connectivity index is 2.05. The molecule has 0 spiro atoms. The molecule has 96 valence electrons. The van der Waals surface area contributed by atoms with Crippen LogP contribution in [0.5, 0.6) is 0 Å². The number of carbonyl (C=O) groups is 2. The van der Waals surface area contributed by atoms with Gasteiger partial charge in [-0.3, -0.25) is 9.59 Å². The molecule has 0 bridgehead atoms. The Morgan fingerprint density at radius 2 is 2.28 bits per heavy atom. The maximum atomic E-state index is 11.6. The summed E-state index contributed by atoms with van der Waals surface area (Å²) in [6, 6.07) is 5.93. The van der Waals surface area contributed by atoms with Crippen LogP contribution in [0.2, 0.25) is 0 Å². The Kier molecular flexibility index (Phi) is 3.91. The van der Waals surface area contributed by atoms with Gasteiger partial charge in [-0.25, -0.2) is 0 Å².